The van der Waals surface area contributed by atoms with Gasteiger partial charge < -0.3 is 18.8 Å². The third kappa shape index (κ3) is 4.33. The lowest BCUT2D eigenvalue weighted by atomic mass is 9.98. The van der Waals surface area contributed by atoms with Gasteiger partial charge in [0.05, 0.1) is 19.3 Å². The van der Waals surface area contributed by atoms with E-state index in [1.165, 1.54) is 19.3 Å². The molecule has 1 aromatic rings. The minimum absolute atomic E-state index is 0.0115. The molecule has 0 spiro atoms. The predicted molar refractivity (Wildman–Crippen MR) is 86.5 cm³/mol. The van der Waals surface area contributed by atoms with Crippen LogP contribution in [0.1, 0.15) is 69.8 Å². The summed E-state index contributed by atoms with van der Waals surface area (Å²) in [6.45, 7) is 5.63. The van der Waals surface area contributed by atoms with Crippen molar-refractivity contribution in [2.45, 2.75) is 64.1 Å². The van der Waals surface area contributed by atoms with Gasteiger partial charge in [-0.15, -0.1) is 10.2 Å². The highest BCUT2D eigenvalue weighted by atomic mass is 16.5. The van der Waals surface area contributed by atoms with E-state index in [1.807, 2.05) is 13.8 Å². The zero-order valence-corrected chi connectivity index (χ0v) is 14.6. The van der Waals surface area contributed by atoms with Gasteiger partial charge in [0.2, 0.25) is 17.7 Å². The van der Waals surface area contributed by atoms with Crippen LogP contribution in [0.15, 0.2) is 4.42 Å². The van der Waals surface area contributed by atoms with Crippen molar-refractivity contribution >= 4 is 5.91 Å². The maximum atomic E-state index is 12.4. The summed E-state index contributed by atoms with van der Waals surface area (Å²) in [5.74, 6) is 1.23. The summed E-state index contributed by atoms with van der Waals surface area (Å²) in [6, 6.07) is 0. The summed E-state index contributed by atoms with van der Waals surface area (Å²) in [5.41, 5.74) is 0. The summed E-state index contributed by atoms with van der Waals surface area (Å²) in [7, 11) is 0. The molecule has 2 fully saturated rings. The molecule has 0 aromatic carbocycles. The van der Waals surface area contributed by atoms with E-state index in [2.05, 4.69) is 10.2 Å². The second-order valence-corrected chi connectivity index (χ2v) is 6.90. The third-order valence-electron chi connectivity index (χ3n) is 4.64. The molecule has 1 atom stereocenters. The molecule has 134 valence electrons. The summed E-state index contributed by atoms with van der Waals surface area (Å²) in [6.07, 6.45) is 5.71. The van der Waals surface area contributed by atoms with Crippen molar-refractivity contribution in [2.24, 2.45) is 0 Å². The molecule has 7 nitrogen and oxygen atoms in total. The lowest BCUT2D eigenvalue weighted by Gasteiger charge is -2.32. The van der Waals surface area contributed by atoms with Crippen LogP contribution in [0.3, 0.4) is 0 Å². The van der Waals surface area contributed by atoms with Crippen molar-refractivity contribution in [2.75, 3.05) is 26.3 Å². The van der Waals surface area contributed by atoms with Crippen molar-refractivity contribution in [1.29, 1.82) is 0 Å². The number of carbonyl (C=O) groups excluding carboxylic acids is 1. The predicted octanol–water partition coefficient (Wildman–Crippen LogP) is 2.44. The Bertz CT molecular complexity index is 540. The Hall–Kier alpha value is -1.47. The molecule has 0 N–H and O–H groups in total. The number of ether oxygens (including phenoxy) is 2. The molecule has 0 bridgehead atoms. The fraction of sp³-hybridized carbons (Fsp3) is 0.824. The molecule has 1 amide bonds. The molecule has 2 aliphatic rings. The van der Waals surface area contributed by atoms with E-state index in [1.54, 1.807) is 4.90 Å². The highest BCUT2D eigenvalue weighted by Gasteiger charge is 2.30. The highest BCUT2D eigenvalue weighted by Crippen LogP contribution is 2.24. The van der Waals surface area contributed by atoms with Gasteiger partial charge in [0.25, 0.3) is 0 Å². The zero-order valence-electron chi connectivity index (χ0n) is 14.6. The lowest BCUT2D eigenvalue weighted by molar-refractivity contribution is -0.147. The molecule has 1 aliphatic carbocycles. The largest absolute Gasteiger partial charge is 0.422 e. The van der Waals surface area contributed by atoms with Crippen molar-refractivity contribution in [1.82, 2.24) is 15.1 Å². The Balaban J connectivity index is 1.51. The molecule has 1 aromatic heterocycles. The molecule has 1 saturated heterocycles. The average molecular weight is 337 g/mol. The van der Waals surface area contributed by atoms with Crippen LogP contribution in [-0.4, -0.2) is 53.4 Å². The van der Waals surface area contributed by atoms with E-state index in [0.29, 0.717) is 31.5 Å². The van der Waals surface area contributed by atoms with Gasteiger partial charge in [0, 0.05) is 12.5 Å². The lowest BCUT2D eigenvalue weighted by Crippen LogP contribution is -2.44. The van der Waals surface area contributed by atoms with Gasteiger partial charge in [0.1, 0.15) is 6.61 Å². The Morgan fingerprint density at radius 3 is 2.79 bits per heavy atom. The smallest absolute Gasteiger partial charge is 0.248 e. The van der Waals surface area contributed by atoms with Gasteiger partial charge in [-0.2, -0.15) is 0 Å². The number of carbonyl (C=O) groups is 1. The van der Waals surface area contributed by atoms with E-state index in [0.717, 1.165) is 12.8 Å². The van der Waals surface area contributed by atoms with E-state index in [9.17, 15) is 4.79 Å². The van der Waals surface area contributed by atoms with Gasteiger partial charge in [-0.3, -0.25) is 4.79 Å². The number of hydrogen-bond acceptors (Lipinski definition) is 6. The molecule has 1 aliphatic heterocycles. The number of rotatable bonds is 5. The first-order chi connectivity index (χ1) is 11.6. The minimum Gasteiger partial charge on any atom is -0.422 e. The SMILES string of the molecule is CC(C)c1nnc([C@H]2CN(C(=O)COC3CCCCC3)CCO2)o1. The summed E-state index contributed by atoms with van der Waals surface area (Å²) in [5, 5.41) is 8.10. The topological polar surface area (TPSA) is 77.7 Å². The van der Waals surface area contributed by atoms with Crippen LogP contribution in [0, 0.1) is 0 Å². The second kappa shape index (κ2) is 8.07. The number of morpholine rings is 1. The van der Waals surface area contributed by atoms with Crippen LogP contribution in [0.25, 0.3) is 0 Å². The fourth-order valence-electron chi connectivity index (χ4n) is 3.15. The van der Waals surface area contributed by atoms with Gasteiger partial charge in [0.15, 0.2) is 6.10 Å². The molecule has 1 saturated carbocycles. The van der Waals surface area contributed by atoms with Crippen molar-refractivity contribution < 1.29 is 18.7 Å². The fourth-order valence-corrected chi connectivity index (χ4v) is 3.15. The van der Waals surface area contributed by atoms with Crippen LogP contribution in [0.2, 0.25) is 0 Å². The maximum Gasteiger partial charge on any atom is 0.248 e. The summed E-state index contributed by atoms with van der Waals surface area (Å²) < 4.78 is 17.1. The van der Waals surface area contributed by atoms with Crippen molar-refractivity contribution in [3.63, 3.8) is 0 Å². The van der Waals surface area contributed by atoms with Gasteiger partial charge in [-0.1, -0.05) is 33.1 Å². The van der Waals surface area contributed by atoms with Crippen LogP contribution >= 0.6 is 0 Å². The van der Waals surface area contributed by atoms with Crippen molar-refractivity contribution in [3.05, 3.63) is 11.8 Å². The normalized spacial score (nSPS) is 23.0. The summed E-state index contributed by atoms with van der Waals surface area (Å²) >= 11 is 0. The summed E-state index contributed by atoms with van der Waals surface area (Å²) in [4.78, 5) is 14.2. The molecular formula is C17H27N3O4. The molecule has 3 rings (SSSR count). The quantitative estimate of drug-likeness (QED) is 0.821. The van der Waals surface area contributed by atoms with Gasteiger partial charge >= 0.3 is 0 Å². The number of amides is 1. The van der Waals surface area contributed by atoms with Gasteiger partial charge in [-0.25, -0.2) is 0 Å². The first-order valence-corrected chi connectivity index (χ1v) is 8.97. The second-order valence-electron chi connectivity index (χ2n) is 6.90. The molecular weight excluding hydrogens is 310 g/mol. The van der Waals surface area contributed by atoms with Crippen molar-refractivity contribution in [3.8, 4) is 0 Å². The number of nitrogens with zero attached hydrogens (tertiary/aromatic N) is 3. The highest BCUT2D eigenvalue weighted by molar-refractivity contribution is 5.77. The minimum atomic E-state index is -0.350. The molecule has 0 radical (unpaired) electrons. The number of hydrogen-bond donors (Lipinski definition) is 0. The molecule has 7 heteroatoms. The van der Waals surface area contributed by atoms with Crippen LogP contribution in [0.4, 0.5) is 0 Å². The van der Waals surface area contributed by atoms with E-state index < -0.39 is 0 Å². The monoisotopic (exact) mass is 337 g/mol. The average Bonchev–Trinajstić information content (AvgIpc) is 3.11. The Kier molecular flexibility index (Phi) is 5.84. The first kappa shape index (κ1) is 17.4. The molecule has 24 heavy (non-hydrogen) atoms. The molecule has 2 heterocycles. The van der Waals surface area contributed by atoms with E-state index in [-0.39, 0.29) is 30.6 Å². The molecule has 0 unspecified atom stereocenters. The standard InChI is InChI=1S/C17H27N3O4/c1-12(2)16-18-19-17(24-16)14-10-20(8-9-22-14)15(21)11-23-13-6-4-3-5-7-13/h12-14H,3-11H2,1-2H3/t14-/m1/s1. The Labute approximate surface area is 142 Å². The van der Waals surface area contributed by atoms with E-state index >= 15 is 0 Å². The van der Waals surface area contributed by atoms with Crippen LogP contribution in [-0.2, 0) is 14.3 Å². The van der Waals surface area contributed by atoms with Gasteiger partial charge in [-0.05, 0) is 12.8 Å². The Morgan fingerprint density at radius 2 is 2.08 bits per heavy atom. The van der Waals surface area contributed by atoms with Crippen LogP contribution in [0.5, 0.6) is 0 Å². The van der Waals surface area contributed by atoms with E-state index in [4.69, 9.17) is 13.9 Å². The maximum absolute atomic E-state index is 12.4. The zero-order chi connectivity index (χ0) is 16.9. The first-order valence-electron chi connectivity index (χ1n) is 8.97. The van der Waals surface area contributed by atoms with Crippen LogP contribution < -0.4 is 0 Å². The Morgan fingerprint density at radius 1 is 1.29 bits per heavy atom. The number of aromatic nitrogens is 2. The third-order valence-corrected chi connectivity index (χ3v) is 4.64.